The van der Waals surface area contributed by atoms with Crippen molar-refractivity contribution in [2.45, 2.75) is 6.18 Å². The first-order chi connectivity index (χ1) is 11.3. The molecule has 0 spiro atoms. The van der Waals surface area contributed by atoms with Gasteiger partial charge in [-0.15, -0.1) is 0 Å². The van der Waals surface area contributed by atoms with Crippen molar-refractivity contribution in [1.82, 2.24) is 4.98 Å². The van der Waals surface area contributed by atoms with E-state index < -0.39 is 17.6 Å². The van der Waals surface area contributed by atoms with E-state index in [1.807, 2.05) is 0 Å². The zero-order valence-electron chi connectivity index (χ0n) is 12.1. The average Bonchev–Trinajstić information content (AvgIpc) is 2.52. The molecular formula is C17H10ClF3N2O. The summed E-state index contributed by atoms with van der Waals surface area (Å²) in [5, 5.41) is 0.979. The molecule has 24 heavy (non-hydrogen) atoms. The second kappa shape index (κ2) is 5.79. The van der Waals surface area contributed by atoms with Gasteiger partial charge < -0.3 is 5.73 Å². The number of pyridine rings is 1. The van der Waals surface area contributed by atoms with E-state index in [-0.39, 0.29) is 21.8 Å². The van der Waals surface area contributed by atoms with Crippen molar-refractivity contribution in [2.24, 2.45) is 5.73 Å². The third kappa shape index (κ3) is 2.80. The fraction of sp³-hybridized carbons (Fsp3) is 0.0588. The predicted octanol–water partition coefficient (Wildman–Crippen LogP) is 4.67. The standard InChI is InChI=1S/C17H10ClF3N2O/c18-13-3-1-2-12(17(19,20)21)14(13)10-5-4-9-6-7-23-15(16(22)24)11(9)8-10/h1-8H,(H2,22,24). The Kier molecular flexibility index (Phi) is 3.93. The first-order valence-electron chi connectivity index (χ1n) is 6.83. The van der Waals surface area contributed by atoms with Crippen LogP contribution in [-0.2, 0) is 6.18 Å². The summed E-state index contributed by atoms with van der Waals surface area (Å²) < 4.78 is 39.9. The molecule has 0 unspecified atom stereocenters. The van der Waals surface area contributed by atoms with Crippen molar-refractivity contribution >= 4 is 28.3 Å². The maximum atomic E-state index is 13.3. The molecular weight excluding hydrogens is 341 g/mol. The quantitative estimate of drug-likeness (QED) is 0.730. The molecule has 0 aliphatic carbocycles. The number of halogens is 4. The average molecular weight is 351 g/mol. The largest absolute Gasteiger partial charge is 0.417 e. The SMILES string of the molecule is NC(=O)c1nccc2ccc(-c3c(Cl)cccc3C(F)(F)F)cc12. The Balaban J connectivity index is 2.32. The molecule has 0 bridgehead atoms. The lowest BCUT2D eigenvalue weighted by atomic mass is 9.96. The summed E-state index contributed by atoms with van der Waals surface area (Å²) in [4.78, 5) is 15.4. The third-order valence-electron chi connectivity index (χ3n) is 3.61. The van der Waals surface area contributed by atoms with Crippen LogP contribution in [0.4, 0.5) is 13.2 Å². The second-order valence-electron chi connectivity index (χ2n) is 5.12. The van der Waals surface area contributed by atoms with Crippen LogP contribution in [-0.4, -0.2) is 10.9 Å². The first-order valence-corrected chi connectivity index (χ1v) is 7.21. The molecule has 0 aliphatic heterocycles. The van der Waals surface area contributed by atoms with Crippen molar-refractivity contribution in [2.75, 3.05) is 0 Å². The van der Waals surface area contributed by atoms with E-state index in [0.29, 0.717) is 10.8 Å². The van der Waals surface area contributed by atoms with Crippen LogP contribution in [0.2, 0.25) is 5.02 Å². The van der Waals surface area contributed by atoms with Crippen LogP contribution >= 0.6 is 11.6 Å². The summed E-state index contributed by atoms with van der Waals surface area (Å²) in [5.74, 6) is -0.757. The normalized spacial score (nSPS) is 11.7. The van der Waals surface area contributed by atoms with Crippen LogP contribution < -0.4 is 5.73 Å². The summed E-state index contributed by atoms with van der Waals surface area (Å²) in [7, 11) is 0. The molecule has 0 aliphatic rings. The molecule has 2 N–H and O–H groups in total. The maximum Gasteiger partial charge on any atom is 0.417 e. The topological polar surface area (TPSA) is 56.0 Å². The minimum Gasteiger partial charge on any atom is -0.364 e. The smallest absolute Gasteiger partial charge is 0.364 e. The van der Waals surface area contributed by atoms with Crippen LogP contribution in [0.3, 0.4) is 0 Å². The van der Waals surface area contributed by atoms with E-state index in [2.05, 4.69) is 4.98 Å². The van der Waals surface area contributed by atoms with E-state index >= 15 is 0 Å². The minimum absolute atomic E-state index is 0.00466. The number of carbonyl (C=O) groups excluding carboxylic acids is 1. The number of hydrogen-bond donors (Lipinski definition) is 1. The Morgan fingerprint density at radius 3 is 2.54 bits per heavy atom. The monoisotopic (exact) mass is 350 g/mol. The van der Waals surface area contributed by atoms with Crippen LogP contribution in [0.1, 0.15) is 16.1 Å². The van der Waals surface area contributed by atoms with Gasteiger partial charge in [-0.1, -0.05) is 29.8 Å². The Morgan fingerprint density at radius 1 is 1.12 bits per heavy atom. The summed E-state index contributed by atoms with van der Waals surface area (Å²) in [6.45, 7) is 0. The number of hydrogen-bond acceptors (Lipinski definition) is 2. The summed E-state index contributed by atoms with van der Waals surface area (Å²) in [6.07, 6.45) is -3.14. The number of alkyl halides is 3. The molecule has 1 aromatic heterocycles. The van der Waals surface area contributed by atoms with Crippen LogP contribution in [0.5, 0.6) is 0 Å². The van der Waals surface area contributed by atoms with Crippen molar-refractivity contribution in [1.29, 1.82) is 0 Å². The molecule has 2 aromatic carbocycles. The van der Waals surface area contributed by atoms with E-state index in [4.69, 9.17) is 17.3 Å². The van der Waals surface area contributed by atoms with Crippen molar-refractivity contribution < 1.29 is 18.0 Å². The van der Waals surface area contributed by atoms with Crippen molar-refractivity contribution in [3.63, 3.8) is 0 Å². The number of fused-ring (bicyclic) bond motifs is 1. The van der Waals surface area contributed by atoms with Gasteiger partial charge in [0.15, 0.2) is 0 Å². The zero-order valence-corrected chi connectivity index (χ0v) is 12.8. The molecule has 3 rings (SSSR count). The number of amides is 1. The van der Waals surface area contributed by atoms with Gasteiger partial charge in [0.05, 0.1) is 5.56 Å². The van der Waals surface area contributed by atoms with Gasteiger partial charge in [0, 0.05) is 22.2 Å². The number of carbonyl (C=O) groups is 1. The summed E-state index contributed by atoms with van der Waals surface area (Å²) in [5.41, 5.74) is 4.52. The number of nitrogens with zero attached hydrogens (tertiary/aromatic N) is 1. The fourth-order valence-electron chi connectivity index (χ4n) is 2.57. The highest BCUT2D eigenvalue weighted by Crippen LogP contribution is 2.41. The molecule has 0 atom stereocenters. The van der Waals surface area contributed by atoms with Crippen molar-refractivity contribution in [3.05, 3.63) is 64.9 Å². The van der Waals surface area contributed by atoms with Crippen LogP contribution in [0.25, 0.3) is 21.9 Å². The molecule has 7 heteroatoms. The third-order valence-corrected chi connectivity index (χ3v) is 3.92. The second-order valence-corrected chi connectivity index (χ2v) is 5.53. The number of primary amides is 1. The van der Waals surface area contributed by atoms with Gasteiger partial charge in [0.1, 0.15) is 5.69 Å². The molecule has 0 saturated carbocycles. The van der Waals surface area contributed by atoms with E-state index in [9.17, 15) is 18.0 Å². The minimum atomic E-state index is -4.56. The Morgan fingerprint density at radius 2 is 1.88 bits per heavy atom. The Labute approximate surface area is 139 Å². The van der Waals surface area contributed by atoms with Gasteiger partial charge in [0.25, 0.3) is 5.91 Å². The molecule has 3 nitrogen and oxygen atoms in total. The molecule has 0 radical (unpaired) electrons. The van der Waals surface area contributed by atoms with Crippen molar-refractivity contribution in [3.8, 4) is 11.1 Å². The number of aromatic nitrogens is 1. The molecule has 122 valence electrons. The lowest BCUT2D eigenvalue weighted by Crippen LogP contribution is -2.13. The van der Waals surface area contributed by atoms with Gasteiger partial charge in [0.2, 0.25) is 0 Å². The van der Waals surface area contributed by atoms with E-state index in [0.717, 1.165) is 6.07 Å². The van der Waals surface area contributed by atoms with Gasteiger partial charge in [-0.05, 0) is 35.2 Å². The number of nitrogens with two attached hydrogens (primary N) is 1. The highest BCUT2D eigenvalue weighted by Gasteiger charge is 2.34. The Hall–Kier alpha value is -2.60. The van der Waals surface area contributed by atoms with Gasteiger partial charge in [-0.25, -0.2) is 0 Å². The van der Waals surface area contributed by atoms with Crippen LogP contribution in [0.15, 0.2) is 48.7 Å². The number of benzene rings is 2. The maximum absolute atomic E-state index is 13.3. The predicted molar refractivity (Wildman–Crippen MR) is 85.7 cm³/mol. The fourth-order valence-corrected chi connectivity index (χ4v) is 2.86. The Bertz CT molecular complexity index is 954. The molecule has 0 saturated heterocycles. The zero-order chi connectivity index (χ0) is 17.5. The molecule has 1 heterocycles. The molecule has 3 aromatic rings. The highest BCUT2D eigenvalue weighted by molar-refractivity contribution is 6.33. The lowest BCUT2D eigenvalue weighted by molar-refractivity contribution is -0.137. The van der Waals surface area contributed by atoms with E-state index in [1.165, 1.54) is 30.5 Å². The van der Waals surface area contributed by atoms with Gasteiger partial charge in [-0.2, -0.15) is 13.2 Å². The van der Waals surface area contributed by atoms with Gasteiger partial charge in [-0.3, -0.25) is 9.78 Å². The van der Waals surface area contributed by atoms with Gasteiger partial charge >= 0.3 is 6.18 Å². The molecule has 1 amide bonds. The summed E-state index contributed by atoms with van der Waals surface area (Å²) >= 11 is 6.02. The number of rotatable bonds is 2. The summed E-state index contributed by atoms with van der Waals surface area (Å²) in [6, 6.07) is 9.79. The lowest BCUT2D eigenvalue weighted by Gasteiger charge is -2.15. The first kappa shape index (κ1) is 16.3. The van der Waals surface area contributed by atoms with Crippen LogP contribution in [0, 0.1) is 0 Å². The molecule has 0 fully saturated rings. The van der Waals surface area contributed by atoms with E-state index in [1.54, 1.807) is 12.1 Å². The highest BCUT2D eigenvalue weighted by atomic mass is 35.5.